The number of hydrogen-bond acceptors (Lipinski definition) is 5. The fourth-order valence-electron chi connectivity index (χ4n) is 2.93. The van der Waals surface area contributed by atoms with Crippen LogP contribution in [0.25, 0.3) is 0 Å². The van der Waals surface area contributed by atoms with Crippen LogP contribution in [-0.2, 0) is 9.53 Å². The molecule has 2 aromatic carbocycles. The molecule has 0 aliphatic carbocycles. The second kappa shape index (κ2) is 9.75. The minimum absolute atomic E-state index is 0.0947. The Bertz CT molecular complexity index is 802. The molecule has 0 radical (unpaired) electrons. The van der Waals surface area contributed by atoms with Crippen LogP contribution in [0.15, 0.2) is 48.5 Å². The second-order valence-electron chi connectivity index (χ2n) is 6.50. The third-order valence-electron chi connectivity index (χ3n) is 4.43. The van der Waals surface area contributed by atoms with Crippen molar-refractivity contribution in [1.82, 2.24) is 5.32 Å². The highest BCUT2D eigenvalue weighted by atomic mass is 16.5. The minimum atomic E-state index is -0.193. The van der Waals surface area contributed by atoms with Gasteiger partial charge in [0.15, 0.2) is 0 Å². The van der Waals surface area contributed by atoms with E-state index in [4.69, 9.17) is 9.47 Å². The third kappa shape index (κ3) is 5.47. The molecule has 2 amide bonds. The molecular weight excluding hydrogens is 358 g/mol. The van der Waals surface area contributed by atoms with E-state index in [1.165, 1.54) is 0 Å². The normalized spacial score (nSPS) is 15.7. The maximum atomic E-state index is 12.2. The summed E-state index contributed by atoms with van der Waals surface area (Å²) in [5.41, 5.74) is 1.92. The highest BCUT2D eigenvalue weighted by Crippen LogP contribution is 2.25. The molecule has 148 valence electrons. The van der Waals surface area contributed by atoms with E-state index in [0.717, 1.165) is 25.1 Å². The minimum Gasteiger partial charge on any atom is -0.489 e. The Morgan fingerprint density at radius 3 is 2.64 bits per heavy atom. The maximum Gasteiger partial charge on any atom is 0.251 e. The van der Waals surface area contributed by atoms with Crippen molar-refractivity contribution in [3.63, 3.8) is 0 Å². The van der Waals surface area contributed by atoms with E-state index in [9.17, 15) is 9.59 Å². The first-order valence-corrected chi connectivity index (χ1v) is 9.35. The van der Waals surface area contributed by atoms with Crippen molar-refractivity contribution >= 4 is 23.2 Å². The Balaban J connectivity index is 1.50. The van der Waals surface area contributed by atoms with Gasteiger partial charge in [-0.3, -0.25) is 9.59 Å². The molecule has 7 nitrogen and oxygen atoms in total. The molecule has 7 heteroatoms. The predicted octanol–water partition coefficient (Wildman–Crippen LogP) is 2.65. The average Bonchev–Trinajstić information content (AvgIpc) is 3.25. The number of ether oxygens (including phenoxy) is 2. The van der Waals surface area contributed by atoms with Crippen LogP contribution in [0.4, 0.5) is 11.4 Å². The first kappa shape index (κ1) is 19.7. The fourth-order valence-corrected chi connectivity index (χ4v) is 2.93. The van der Waals surface area contributed by atoms with Gasteiger partial charge < -0.3 is 25.4 Å². The van der Waals surface area contributed by atoms with Gasteiger partial charge in [0.1, 0.15) is 12.4 Å². The number of hydrogen-bond donors (Lipinski definition) is 3. The van der Waals surface area contributed by atoms with Crippen molar-refractivity contribution in [2.75, 3.05) is 37.4 Å². The zero-order valence-corrected chi connectivity index (χ0v) is 15.9. The second-order valence-corrected chi connectivity index (χ2v) is 6.50. The number of carbonyl (C=O) groups excluding carboxylic acids is 2. The smallest absolute Gasteiger partial charge is 0.251 e. The average molecular weight is 383 g/mol. The molecule has 3 rings (SSSR count). The van der Waals surface area contributed by atoms with Crippen LogP contribution in [0.2, 0.25) is 0 Å². The van der Waals surface area contributed by atoms with Crippen molar-refractivity contribution in [2.45, 2.75) is 18.9 Å². The van der Waals surface area contributed by atoms with Gasteiger partial charge in [-0.25, -0.2) is 0 Å². The van der Waals surface area contributed by atoms with Crippen molar-refractivity contribution in [3.05, 3.63) is 54.1 Å². The Hall–Kier alpha value is -3.06. The van der Waals surface area contributed by atoms with Crippen LogP contribution >= 0.6 is 0 Å². The largest absolute Gasteiger partial charge is 0.489 e. The molecule has 28 heavy (non-hydrogen) atoms. The number of anilines is 2. The van der Waals surface area contributed by atoms with Gasteiger partial charge in [0, 0.05) is 24.9 Å². The number of nitrogens with one attached hydrogen (secondary N) is 3. The van der Waals surface area contributed by atoms with Crippen molar-refractivity contribution in [2.24, 2.45) is 0 Å². The lowest BCUT2D eigenvalue weighted by Crippen LogP contribution is -2.22. The lowest BCUT2D eigenvalue weighted by molar-refractivity contribution is -0.114. The van der Waals surface area contributed by atoms with Crippen LogP contribution in [0.3, 0.4) is 0 Å². The van der Waals surface area contributed by atoms with Gasteiger partial charge in [-0.15, -0.1) is 0 Å². The highest BCUT2D eigenvalue weighted by Gasteiger charge is 2.16. The van der Waals surface area contributed by atoms with Crippen LogP contribution in [-0.4, -0.2) is 44.7 Å². The number of para-hydroxylation sites is 2. The van der Waals surface area contributed by atoms with Crippen LogP contribution in [0.5, 0.6) is 5.75 Å². The standard InChI is InChI=1S/C21H25N3O4/c1-22-21(26)15-8-10-16(11-9-15)24-20(25)13-23-18-6-2-3-7-19(18)28-14-17-5-4-12-27-17/h2-3,6-11,17,23H,4-5,12-14H2,1H3,(H,22,26)(H,24,25). The molecule has 0 bridgehead atoms. The zero-order chi connectivity index (χ0) is 19.8. The molecule has 1 aliphatic rings. The molecule has 0 aromatic heterocycles. The molecular formula is C21H25N3O4. The summed E-state index contributed by atoms with van der Waals surface area (Å²) in [6.07, 6.45) is 2.21. The van der Waals surface area contributed by atoms with Gasteiger partial charge in [-0.05, 0) is 49.2 Å². The molecule has 1 aliphatic heterocycles. The monoisotopic (exact) mass is 383 g/mol. The summed E-state index contributed by atoms with van der Waals surface area (Å²) >= 11 is 0. The predicted molar refractivity (Wildman–Crippen MR) is 108 cm³/mol. The Labute approximate surface area is 164 Å². The topological polar surface area (TPSA) is 88.7 Å². The van der Waals surface area contributed by atoms with Crippen LogP contribution in [0.1, 0.15) is 23.2 Å². The van der Waals surface area contributed by atoms with Crippen molar-refractivity contribution < 1.29 is 19.1 Å². The highest BCUT2D eigenvalue weighted by molar-refractivity contribution is 5.96. The number of benzene rings is 2. The van der Waals surface area contributed by atoms with Gasteiger partial charge in [0.2, 0.25) is 5.91 Å². The SMILES string of the molecule is CNC(=O)c1ccc(NC(=O)CNc2ccccc2OCC2CCCO2)cc1. The molecule has 1 unspecified atom stereocenters. The summed E-state index contributed by atoms with van der Waals surface area (Å²) in [5.74, 6) is 0.335. The van der Waals surface area contributed by atoms with Gasteiger partial charge in [0.25, 0.3) is 5.91 Å². The van der Waals surface area contributed by atoms with Gasteiger partial charge in [0.05, 0.1) is 18.3 Å². The molecule has 1 saturated heterocycles. The zero-order valence-electron chi connectivity index (χ0n) is 15.9. The summed E-state index contributed by atoms with van der Waals surface area (Å²) < 4.78 is 11.4. The van der Waals surface area contributed by atoms with Crippen molar-refractivity contribution in [3.8, 4) is 5.75 Å². The summed E-state index contributed by atoms with van der Waals surface area (Å²) in [6, 6.07) is 14.2. The lowest BCUT2D eigenvalue weighted by atomic mass is 10.2. The Morgan fingerprint density at radius 2 is 1.93 bits per heavy atom. The number of amides is 2. The summed E-state index contributed by atoms with van der Waals surface area (Å²) in [4.78, 5) is 23.8. The Kier molecular flexibility index (Phi) is 6.86. The van der Waals surface area contributed by atoms with E-state index in [1.54, 1.807) is 31.3 Å². The van der Waals surface area contributed by atoms with Gasteiger partial charge in [-0.1, -0.05) is 12.1 Å². The first-order chi connectivity index (χ1) is 13.7. The van der Waals surface area contributed by atoms with E-state index < -0.39 is 0 Å². The molecule has 3 N–H and O–H groups in total. The van der Waals surface area contributed by atoms with Gasteiger partial charge in [-0.2, -0.15) is 0 Å². The van der Waals surface area contributed by atoms with E-state index >= 15 is 0 Å². The molecule has 1 heterocycles. The molecule has 1 fully saturated rings. The summed E-state index contributed by atoms with van der Waals surface area (Å²) in [6.45, 7) is 1.39. The molecule has 1 atom stereocenters. The van der Waals surface area contributed by atoms with E-state index in [1.807, 2.05) is 24.3 Å². The number of carbonyl (C=O) groups is 2. The maximum absolute atomic E-state index is 12.2. The van der Waals surface area contributed by atoms with Gasteiger partial charge >= 0.3 is 0 Å². The van der Waals surface area contributed by atoms with E-state index in [-0.39, 0.29) is 24.5 Å². The van der Waals surface area contributed by atoms with Crippen LogP contribution < -0.4 is 20.7 Å². The molecule has 0 spiro atoms. The molecule has 0 saturated carbocycles. The quantitative estimate of drug-likeness (QED) is 0.652. The third-order valence-corrected chi connectivity index (χ3v) is 4.43. The summed E-state index contributed by atoms with van der Waals surface area (Å²) in [5, 5.41) is 8.46. The number of rotatable bonds is 8. The summed E-state index contributed by atoms with van der Waals surface area (Å²) in [7, 11) is 1.58. The van der Waals surface area contributed by atoms with Crippen LogP contribution in [0, 0.1) is 0 Å². The first-order valence-electron chi connectivity index (χ1n) is 9.35. The lowest BCUT2D eigenvalue weighted by Gasteiger charge is -2.15. The van der Waals surface area contributed by atoms with Crippen molar-refractivity contribution in [1.29, 1.82) is 0 Å². The molecule has 2 aromatic rings. The fraction of sp³-hybridized carbons (Fsp3) is 0.333. The Morgan fingerprint density at radius 1 is 1.14 bits per heavy atom. The van der Waals surface area contributed by atoms with E-state index in [2.05, 4.69) is 16.0 Å². The van der Waals surface area contributed by atoms with E-state index in [0.29, 0.717) is 23.6 Å².